The standard InChI is InChI=1S/C14H20N4O2S/c1-11-10-17(2)6-3-7-18(11)21(19,20)14-5-4-13(16)8-12(14)9-15/h4-5,8,11H,3,6-7,10,16H2,1-2H3. The van der Waals surface area contributed by atoms with E-state index in [1.54, 1.807) is 0 Å². The molecule has 0 saturated carbocycles. The minimum Gasteiger partial charge on any atom is -0.399 e. The Morgan fingerprint density at radius 3 is 2.76 bits per heavy atom. The molecule has 1 saturated heterocycles. The lowest BCUT2D eigenvalue weighted by atomic mass is 10.2. The smallest absolute Gasteiger partial charge is 0.244 e. The maximum Gasteiger partial charge on any atom is 0.244 e. The molecule has 1 aromatic rings. The van der Waals surface area contributed by atoms with E-state index >= 15 is 0 Å². The average molecular weight is 308 g/mol. The first-order valence-electron chi connectivity index (χ1n) is 6.86. The number of rotatable bonds is 2. The van der Waals surface area contributed by atoms with Gasteiger partial charge >= 0.3 is 0 Å². The van der Waals surface area contributed by atoms with Crippen molar-refractivity contribution in [1.29, 1.82) is 5.26 Å². The molecule has 1 aromatic carbocycles. The van der Waals surface area contributed by atoms with E-state index in [4.69, 9.17) is 5.73 Å². The van der Waals surface area contributed by atoms with Crippen molar-refractivity contribution in [3.05, 3.63) is 23.8 Å². The molecule has 1 aliphatic rings. The van der Waals surface area contributed by atoms with E-state index < -0.39 is 10.0 Å². The lowest BCUT2D eigenvalue weighted by Crippen LogP contribution is -2.42. The number of sulfonamides is 1. The molecule has 1 atom stereocenters. The van der Waals surface area contributed by atoms with Crippen LogP contribution in [-0.2, 0) is 10.0 Å². The number of nitrogens with two attached hydrogens (primary N) is 1. The zero-order valence-corrected chi connectivity index (χ0v) is 13.1. The maximum absolute atomic E-state index is 12.9. The van der Waals surface area contributed by atoms with Crippen molar-refractivity contribution in [3.63, 3.8) is 0 Å². The number of nitriles is 1. The van der Waals surface area contributed by atoms with E-state index in [9.17, 15) is 13.7 Å². The lowest BCUT2D eigenvalue weighted by molar-refractivity contribution is 0.290. The van der Waals surface area contributed by atoms with E-state index in [0.717, 1.165) is 13.0 Å². The van der Waals surface area contributed by atoms with E-state index in [1.165, 1.54) is 22.5 Å². The summed E-state index contributed by atoms with van der Waals surface area (Å²) in [7, 11) is -1.71. The number of nitrogens with zero attached hydrogens (tertiary/aromatic N) is 3. The summed E-state index contributed by atoms with van der Waals surface area (Å²) in [6.45, 7) is 3.89. The van der Waals surface area contributed by atoms with Crippen molar-refractivity contribution in [3.8, 4) is 6.07 Å². The molecule has 1 fully saturated rings. The molecular weight excluding hydrogens is 288 g/mol. The molecule has 0 spiro atoms. The van der Waals surface area contributed by atoms with Crippen molar-refractivity contribution in [2.75, 3.05) is 32.4 Å². The zero-order valence-electron chi connectivity index (χ0n) is 12.3. The number of anilines is 1. The fraction of sp³-hybridized carbons (Fsp3) is 0.500. The third-order valence-electron chi connectivity index (χ3n) is 3.70. The normalized spacial score (nSPS) is 21.7. The summed E-state index contributed by atoms with van der Waals surface area (Å²) >= 11 is 0. The molecular formula is C14H20N4O2S. The minimum atomic E-state index is -3.69. The highest BCUT2D eigenvalue weighted by Crippen LogP contribution is 2.25. The topological polar surface area (TPSA) is 90.4 Å². The van der Waals surface area contributed by atoms with Gasteiger partial charge in [-0.3, -0.25) is 0 Å². The van der Waals surface area contributed by atoms with Gasteiger partial charge in [0.1, 0.15) is 11.0 Å². The summed E-state index contributed by atoms with van der Waals surface area (Å²) in [6.07, 6.45) is 0.775. The molecule has 0 bridgehead atoms. The second-order valence-corrected chi connectivity index (χ2v) is 7.31. The van der Waals surface area contributed by atoms with Crippen LogP contribution in [0, 0.1) is 11.3 Å². The molecule has 6 nitrogen and oxygen atoms in total. The molecule has 2 rings (SSSR count). The van der Waals surface area contributed by atoms with Gasteiger partial charge in [-0.25, -0.2) is 8.42 Å². The number of likely N-dealkylation sites (N-methyl/N-ethyl adjacent to an activating group) is 1. The molecule has 1 unspecified atom stereocenters. The maximum atomic E-state index is 12.9. The molecule has 1 heterocycles. The minimum absolute atomic E-state index is 0.0376. The third-order valence-corrected chi connectivity index (χ3v) is 5.77. The van der Waals surface area contributed by atoms with E-state index in [0.29, 0.717) is 18.8 Å². The van der Waals surface area contributed by atoms with Crippen molar-refractivity contribution in [2.24, 2.45) is 0 Å². The Labute approximate surface area is 125 Å². The van der Waals surface area contributed by atoms with Gasteiger partial charge in [-0.2, -0.15) is 9.57 Å². The Morgan fingerprint density at radius 1 is 1.38 bits per heavy atom. The Balaban J connectivity index is 2.44. The molecule has 7 heteroatoms. The third kappa shape index (κ3) is 3.18. The summed E-state index contributed by atoms with van der Waals surface area (Å²) in [5.74, 6) is 0. The van der Waals surface area contributed by atoms with Crippen LogP contribution < -0.4 is 5.73 Å². The van der Waals surface area contributed by atoms with E-state index in [2.05, 4.69) is 4.90 Å². The monoisotopic (exact) mass is 308 g/mol. The van der Waals surface area contributed by atoms with Crippen LogP contribution in [0.4, 0.5) is 5.69 Å². The van der Waals surface area contributed by atoms with Crippen molar-refractivity contribution >= 4 is 15.7 Å². The summed E-state index contributed by atoms with van der Waals surface area (Å²) < 4.78 is 27.2. The van der Waals surface area contributed by atoms with Gasteiger partial charge in [0.2, 0.25) is 10.0 Å². The number of hydrogen-bond acceptors (Lipinski definition) is 5. The molecule has 21 heavy (non-hydrogen) atoms. The molecule has 0 amide bonds. The Hall–Kier alpha value is -1.62. The van der Waals surface area contributed by atoms with Gasteiger partial charge < -0.3 is 10.6 Å². The number of benzene rings is 1. The molecule has 2 N–H and O–H groups in total. The highest BCUT2D eigenvalue weighted by Gasteiger charge is 2.32. The molecule has 0 aliphatic carbocycles. The highest BCUT2D eigenvalue weighted by molar-refractivity contribution is 7.89. The second-order valence-electron chi connectivity index (χ2n) is 5.45. The van der Waals surface area contributed by atoms with Gasteiger partial charge in [0.05, 0.1) is 5.56 Å². The van der Waals surface area contributed by atoms with Crippen LogP contribution in [0.3, 0.4) is 0 Å². The Kier molecular flexibility index (Phi) is 4.52. The first-order valence-corrected chi connectivity index (χ1v) is 8.30. The number of nitrogen functional groups attached to an aromatic ring is 1. The molecule has 1 aliphatic heterocycles. The van der Waals surface area contributed by atoms with Gasteiger partial charge in [0, 0.05) is 24.8 Å². The summed E-state index contributed by atoms with van der Waals surface area (Å²) in [4.78, 5) is 2.16. The van der Waals surface area contributed by atoms with Gasteiger partial charge in [0.25, 0.3) is 0 Å². The predicted octanol–water partition coefficient (Wildman–Crippen LogP) is 0.855. The van der Waals surface area contributed by atoms with Gasteiger partial charge in [-0.15, -0.1) is 0 Å². The first kappa shape index (κ1) is 15.8. The van der Waals surface area contributed by atoms with Crippen LogP contribution in [0.5, 0.6) is 0 Å². The van der Waals surface area contributed by atoms with Crippen LogP contribution in [-0.4, -0.2) is 50.3 Å². The Morgan fingerprint density at radius 2 is 2.10 bits per heavy atom. The average Bonchev–Trinajstić information content (AvgIpc) is 2.59. The predicted molar refractivity (Wildman–Crippen MR) is 81.0 cm³/mol. The van der Waals surface area contributed by atoms with Crippen molar-refractivity contribution in [1.82, 2.24) is 9.21 Å². The molecule has 0 aromatic heterocycles. The van der Waals surface area contributed by atoms with Gasteiger partial charge in [-0.1, -0.05) is 0 Å². The first-order chi connectivity index (χ1) is 9.86. The van der Waals surface area contributed by atoms with Gasteiger partial charge in [-0.05, 0) is 45.1 Å². The van der Waals surface area contributed by atoms with Crippen LogP contribution in [0.15, 0.2) is 23.1 Å². The van der Waals surface area contributed by atoms with E-state index in [1.807, 2.05) is 20.0 Å². The SMILES string of the molecule is CC1CN(C)CCCN1S(=O)(=O)c1ccc(N)cc1C#N. The molecule has 0 radical (unpaired) electrons. The van der Waals surface area contributed by atoms with Crippen LogP contribution in [0.1, 0.15) is 18.9 Å². The molecule has 114 valence electrons. The summed E-state index contributed by atoms with van der Waals surface area (Å²) in [6, 6.07) is 6.13. The van der Waals surface area contributed by atoms with Crippen LogP contribution >= 0.6 is 0 Å². The fourth-order valence-corrected chi connectivity index (χ4v) is 4.48. The van der Waals surface area contributed by atoms with Crippen LogP contribution in [0.25, 0.3) is 0 Å². The Bertz CT molecular complexity index is 666. The summed E-state index contributed by atoms with van der Waals surface area (Å²) in [5.41, 5.74) is 6.11. The zero-order chi connectivity index (χ0) is 15.6. The van der Waals surface area contributed by atoms with E-state index in [-0.39, 0.29) is 16.5 Å². The van der Waals surface area contributed by atoms with Crippen molar-refractivity contribution in [2.45, 2.75) is 24.3 Å². The summed E-state index contributed by atoms with van der Waals surface area (Å²) in [5, 5.41) is 9.17. The van der Waals surface area contributed by atoms with Crippen molar-refractivity contribution < 1.29 is 8.42 Å². The quantitative estimate of drug-likeness (QED) is 0.818. The fourth-order valence-electron chi connectivity index (χ4n) is 2.69. The van der Waals surface area contributed by atoms with Crippen LogP contribution in [0.2, 0.25) is 0 Å². The highest BCUT2D eigenvalue weighted by atomic mass is 32.2. The second kappa shape index (κ2) is 6.02. The van der Waals surface area contributed by atoms with Gasteiger partial charge in [0.15, 0.2) is 0 Å². The lowest BCUT2D eigenvalue weighted by Gasteiger charge is -2.27. The number of hydrogen-bond donors (Lipinski definition) is 1. The largest absolute Gasteiger partial charge is 0.399 e.